The first-order valence-corrected chi connectivity index (χ1v) is 12.0. The number of rotatable bonds is 9. The van der Waals surface area contributed by atoms with Crippen LogP contribution in [0.15, 0.2) is 12.1 Å². The summed E-state index contributed by atoms with van der Waals surface area (Å²) >= 11 is 1.28. The number of fused-ring (bicyclic) bond motifs is 1. The van der Waals surface area contributed by atoms with Crippen LogP contribution in [-0.4, -0.2) is 56.2 Å². The normalized spacial score (nSPS) is 12.6. The lowest BCUT2D eigenvalue weighted by molar-refractivity contribution is -0.129. The van der Waals surface area contributed by atoms with Gasteiger partial charge in [-0.05, 0) is 44.9 Å². The minimum absolute atomic E-state index is 0.0365. The van der Waals surface area contributed by atoms with E-state index in [-0.39, 0.29) is 5.91 Å². The molecule has 0 atom stereocenters. The van der Waals surface area contributed by atoms with E-state index in [1.54, 1.807) is 17.0 Å². The highest BCUT2D eigenvalue weighted by Crippen LogP contribution is 2.41. The number of thiophene rings is 1. The molecule has 3 rings (SSSR count). The number of methoxy groups -OCH3 is 1. The number of esters is 1. The van der Waals surface area contributed by atoms with Gasteiger partial charge >= 0.3 is 5.97 Å². The molecule has 0 saturated heterocycles. The van der Waals surface area contributed by atoms with Crippen LogP contribution in [0.5, 0.6) is 17.2 Å². The smallest absolute Gasteiger partial charge is 0.341 e. The van der Waals surface area contributed by atoms with E-state index in [4.69, 9.17) is 18.9 Å². The van der Waals surface area contributed by atoms with Gasteiger partial charge in [-0.15, -0.1) is 11.3 Å². The third-order valence-corrected chi connectivity index (χ3v) is 6.42. The minimum Gasteiger partial charge on any atom is -0.490 e. The molecule has 0 unspecified atom stereocenters. The summed E-state index contributed by atoms with van der Waals surface area (Å²) in [6.07, 6.45) is 0.512. The van der Waals surface area contributed by atoms with Gasteiger partial charge in [-0.2, -0.15) is 0 Å². The van der Waals surface area contributed by atoms with E-state index in [0.29, 0.717) is 72.7 Å². The molecule has 0 saturated carbocycles. The Morgan fingerprint density at radius 1 is 1.03 bits per heavy atom. The summed E-state index contributed by atoms with van der Waals surface area (Å²) in [6.45, 7) is 9.11. The van der Waals surface area contributed by atoms with Crippen LogP contribution < -0.4 is 19.5 Å². The van der Waals surface area contributed by atoms with Crippen LogP contribution in [0.2, 0.25) is 0 Å². The lowest BCUT2D eigenvalue weighted by Gasteiger charge is -2.25. The average molecular weight is 491 g/mol. The number of hydrogen-bond acceptors (Lipinski definition) is 8. The van der Waals surface area contributed by atoms with E-state index >= 15 is 0 Å². The van der Waals surface area contributed by atoms with Gasteiger partial charge < -0.3 is 29.2 Å². The summed E-state index contributed by atoms with van der Waals surface area (Å²) in [7, 11) is 1.30. The van der Waals surface area contributed by atoms with Crippen molar-refractivity contribution in [2.24, 2.45) is 0 Å². The van der Waals surface area contributed by atoms with Crippen molar-refractivity contribution in [1.29, 1.82) is 0 Å². The molecular formula is C24H30N2O7S. The molecule has 9 nitrogen and oxygen atoms in total. The van der Waals surface area contributed by atoms with E-state index in [1.807, 2.05) is 20.8 Å². The quantitative estimate of drug-likeness (QED) is 0.532. The standard InChI is InChI=1S/C24H30N2O7S/c1-6-31-17-11-15(12-18(32-7-2)21(17)33-8-3)22(28)25-23-20(24(29)30-5)16-9-10-26(14(4)27)13-19(16)34-23/h11-12H,6-10,13H2,1-5H3,(H,25,28). The van der Waals surface area contributed by atoms with E-state index in [9.17, 15) is 14.4 Å². The zero-order chi connectivity index (χ0) is 24.8. The van der Waals surface area contributed by atoms with Gasteiger partial charge in [-0.25, -0.2) is 4.79 Å². The molecule has 0 bridgehead atoms. The van der Waals surface area contributed by atoms with E-state index in [0.717, 1.165) is 10.4 Å². The summed E-state index contributed by atoms with van der Waals surface area (Å²) in [5.74, 6) is 0.241. The third-order valence-electron chi connectivity index (χ3n) is 5.29. The van der Waals surface area contributed by atoms with Crippen LogP contribution in [0.25, 0.3) is 0 Å². The molecular weight excluding hydrogens is 460 g/mol. The lowest BCUT2D eigenvalue weighted by atomic mass is 10.0. The zero-order valence-electron chi connectivity index (χ0n) is 20.1. The maximum absolute atomic E-state index is 13.3. The summed E-state index contributed by atoms with van der Waals surface area (Å²) in [6, 6.07) is 3.18. The summed E-state index contributed by atoms with van der Waals surface area (Å²) in [4.78, 5) is 40.3. The molecule has 1 N–H and O–H groups in total. The van der Waals surface area contributed by atoms with Gasteiger partial charge in [0.1, 0.15) is 5.00 Å². The van der Waals surface area contributed by atoms with Crippen molar-refractivity contribution in [1.82, 2.24) is 4.90 Å². The maximum atomic E-state index is 13.3. The SMILES string of the molecule is CCOc1cc(C(=O)Nc2sc3c(c2C(=O)OC)CCN(C(C)=O)C3)cc(OCC)c1OCC. The van der Waals surface area contributed by atoms with Gasteiger partial charge in [0.2, 0.25) is 11.7 Å². The first-order chi connectivity index (χ1) is 16.3. The Balaban J connectivity index is 1.99. The number of anilines is 1. The van der Waals surface area contributed by atoms with Crippen LogP contribution in [0.3, 0.4) is 0 Å². The van der Waals surface area contributed by atoms with Crippen LogP contribution in [0, 0.1) is 0 Å². The molecule has 34 heavy (non-hydrogen) atoms. The lowest BCUT2D eigenvalue weighted by Crippen LogP contribution is -2.33. The van der Waals surface area contributed by atoms with Crippen molar-refractivity contribution in [3.8, 4) is 17.2 Å². The van der Waals surface area contributed by atoms with Crippen molar-refractivity contribution in [2.75, 3.05) is 38.8 Å². The van der Waals surface area contributed by atoms with Crippen molar-refractivity contribution in [3.63, 3.8) is 0 Å². The highest BCUT2D eigenvalue weighted by molar-refractivity contribution is 7.17. The van der Waals surface area contributed by atoms with Gasteiger partial charge in [-0.3, -0.25) is 9.59 Å². The maximum Gasteiger partial charge on any atom is 0.341 e. The van der Waals surface area contributed by atoms with E-state index in [2.05, 4.69) is 5.32 Å². The summed E-state index contributed by atoms with van der Waals surface area (Å²) < 4.78 is 22.1. The van der Waals surface area contributed by atoms with Crippen LogP contribution in [-0.2, 0) is 22.5 Å². The van der Waals surface area contributed by atoms with Gasteiger partial charge in [0, 0.05) is 23.9 Å². The van der Waals surface area contributed by atoms with Gasteiger partial charge in [0.15, 0.2) is 11.5 Å². The van der Waals surface area contributed by atoms with Crippen LogP contribution in [0.1, 0.15) is 58.9 Å². The fourth-order valence-corrected chi connectivity index (χ4v) is 5.02. The zero-order valence-corrected chi connectivity index (χ0v) is 20.9. The molecule has 184 valence electrons. The largest absolute Gasteiger partial charge is 0.490 e. The monoisotopic (exact) mass is 490 g/mol. The highest BCUT2D eigenvalue weighted by atomic mass is 32.1. The Hall–Kier alpha value is -3.27. The fourth-order valence-electron chi connectivity index (χ4n) is 3.77. The van der Waals surface area contributed by atoms with Gasteiger partial charge in [-0.1, -0.05) is 0 Å². The Morgan fingerprint density at radius 3 is 2.18 bits per heavy atom. The minimum atomic E-state index is -0.527. The molecule has 1 aliphatic heterocycles. The number of benzene rings is 1. The van der Waals surface area contributed by atoms with E-state index < -0.39 is 11.9 Å². The average Bonchev–Trinajstić information content (AvgIpc) is 3.17. The summed E-state index contributed by atoms with van der Waals surface area (Å²) in [5.41, 5.74) is 1.43. The second kappa shape index (κ2) is 11.2. The molecule has 10 heteroatoms. The Bertz CT molecular complexity index is 1050. The predicted octanol–water partition coefficient (Wildman–Crippen LogP) is 3.89. The molecule has 0 spiro atoms. The molecule has 0 fully saturated rings. The van der Waals surface area contributed by atoms with Crippen LogP contribution in [0.4, 0.5) is 5.00 Å². The number of hydrogen-bond donors (Lipinski definition) is 1. The number of amides is 2. The third kappa shape index (κ3) is 5.27. The molecule has 0 aliphatic carbocycles. The molecule has 1 aliphatic rings. The number of ether oxygens (including phenoxy) is 4. The number of carbonyl (C=O) groups excluding carboxylic acids is 3. The Labute approximate surface area is 202 Å². The Kier molecular flexibility index (Phi) is 8.38. The van der Waals surface area contributed by atoms with Crippen molar-refractivity contribution in [2.45, 2.75) is 40.7 Å². The van der Waals surface area contributed by atoms with Crippen molar-refractivity contribution in [3.05, 3.63) is 33.7 Å². The van der Waals surface area contributed by atoms with Gasteiger partial charge in [0.25, 0.3) is 5.91 Å². The van der Waals surface area contributed by atoms with E-state index in [1.165, 1.54) is 25.4 Å². The molecule has 0 radical (unpaired) electrons. The summed E-state index contributed by atoms with van der Waals surface area (Å²) in [5, 5.41) is 3.24. The first-order valence-electron chi connectivity index (χ1n) is 11.2. The van der Waals surface area contributed by atoms with Gasteiger partial charge in [0.05, 0.1) is 39.0 Å². The number of nitrogens with zero attached hydrogens (tertiary/aromatic N) is 1. The molecule has 2 amide bonds. The molecule has 2 aromatic rings. The molecule has 2 heterocycles. The molecule has 1 aromatic heterocycles. The number of carbonyl (C=O) groups is 3. The second-order valence-electron chi connectivity index (χ2n) is 7.44. The highest BCUT2D eigenvalue weighted by Gasteiger charge is 2.30. The Morgan fingerprint density at radius 2 is 1.65 bits per heavy atom. The topological polar surface area (TPSA) is 103 Å². The van der Waals surface area contributed by atoms with Crippen molar-refractivity contribution >= 4 is 34.1 Å². The molecule has 1 aromatic carbocycles. The van der Waals surface area contributed by atoms with Crippen LogP contribution >= 0.6 is 11.3 Å². The second-order valence-corrected chi connectivity index (χ2v) is 8.55. The number of nitrogens with one attached hydrogen (secondary N) is 1. The fraction of sp³-hybridized carbons (Fsp3) is 0.458. The predicted molar refractivity (Wildman–Crippen MR) is 128 cm³/mol. The first kappa shape index (κ1) is 25.4. The van der Waals surface area contributed by atoms with Crippen molar-refractivity contribution < 1.29 is 33.3 Å².